The van der Waals surface area contributed by atoms with Crippen LogP contribution in [0.25, 0.3) is 0 Å². The Labute approximate surface area is 120 Å². The van der Waals surface area contributed by atoms with Crippen LogP contribution in [0.3, 0.4) is 0 Å². The number of carbonyl (C=O) groups excluding carboxylic acids is 2. The first-order valence-corrected chi connectivity index (χ1v) is 6.34. The molecular weight excluding hydrogens is 279 g/mol. The van der Waals surface area contributed by atoms with Crippen molar-refractivity contribution in [3.63, 3.8) is 0 Å². The highest BCUT2D eigenvalue weighted by molar-refractivity contribution is 5.96. The van der Waals surface area contributed by atoms with Gasteiger partial charge in [0.25, 0.3) is 5.91 Å². The summed E-state index contributed by atoms with van der Waals surface area (Å²) in [6, 6.07) is 5.05. The standard InChI is InChI=1S/C14H15FN2O4/c15-6-9(8-21-14(16)19)7-20-11-1-2-12-10(5-11)3-4-17-13(12)18/h1-2,5-6H,3-4,7-8H2,(H2,16,19)(H,17,18). The van der Waals surface area contributed by atoms with Gasteiger partial charge in [0.15, 0.2) is 0 Å². The van der Waals surface area contributed by atoms with E-state index in [0.29, 0.717) is 24.2 Å². The summed E-state index contributed by atoms with van der Waals surface area (Å²) in [6.45, 7) is 0.241. The van der Waals surface area contributed by atoms with E-state index in [1.807, 2.05) is 0 Å². The summed E-state index contributed by atoms with van der Waals surface area (Å²) < 4.78 is 22.5. The Morgan fingerprint density at radius 2 is 2.24 bits per heavy atom. The predicted octanol–water partition coefficient (Wildman–Crippen LogP) is 1.30. The third-order valence-corrected chi connectivity index (χ3v) is 2.98. The topological polar surface area (TPSA) is 90.7 Å². The third kappa shape index (κ3) is 3.95. The SMILES string of the molecule is NC(=O)OCC(=CF)COc1ccc2c(c1)CCNC2=O. The number of nitrogens with two attached hydrogens (primary N) is 1. The van der Waals surface area contributed by atoms with E-state index in [4.69, 9.17) is 10.5 Å². The molecule has 0 saturated heterocycles. The zero-order valence-electron chi connectivity index (χ0n) is 11.2. The van der Waals surface area contributed by atoms with Gasteiger partial charge in [-0.25, -0.2) is 9.18 Å². The lowest BCUT2D eigenvalue weighted by Crippen LogP contribution is -2.31. The molecule has 0 atom stereocenters. The second-order valence-corrected chi connectivity index (χ2v) is 4.49. The molecule has 2 amide bonds. The number of hydrogen-bond donors (Lipinski definition) is 2. The van der Waals surface area contributed by atoms with Gasteiger partial charge in [0, 0.05) is 17.7 Å². The molecule has 0 radical (unpaired) electrons. The lowest BCUT2D eigenvalue weighted by Gasteiger charge is -2.17. The van der Waals surface area contributed by atoms with Gasteiger partial charge in [-0.2, -0.15) is 0 Å². The van der Waals surface area contributed by atoms with Crippen molar-refractivity contribution in [3.8, 4) is 5.75 Å². The molecule has 2 rings (SSSR count). The van der Waals surface area contributed by atoms with E-state index < -0.39 is 6.09 Å². The molecule has 6 nitrogen and oxygen atoms in total. The molecule has 0 spiro atoms. The Morgan fingerprint density at radius 1 is 1.43 bits per heavy atom. The molecule has 1 heterocycles. The van der Waals surface area contributed by atoms with Gasteiger partial charge in [0.1, 0.15) is 19.0 Å². The number of halogens is 1. The van der Waals surface area contributed by atoms with E-state index in [2.05, 4.69) is 10.1 Å². The average molecular weight is 294 g/mol. The minimum absolute atomic E-state index is 0.0746. The monoisotopic (exact) mass is 294 g/mol. The van der Waals surface area contributed by atoms with E-state index in [1.165, 1.54) is 0 Å². The van der Waals surface area contributed by atoms with Crippen molar-refractivity contribution in [1.82, 2.24) is 5.32 Å². The van der Waals surface area contributed by atoms with Gasteiger partial charge in [-0.15, -0.1) is 0 Å². The maximum absolute atomic E-state index is 12.6. The lowest BCUT2D eigenvalue weighted by molar-refractivity contribution is 0.0946. The van der Waals surface area contributed by atoms with Gasteiger partial charge in [0.05, 0.1) is 6.33 Å². The fourth-order valence-electron chi connectivity index (χ4n) is 1.94. The second kappa shape index (κ2) is 6.74. The van der Waals surface area contributed by atoms with Crippen LogP contribution in [0.4, 0.5) is 9.18 Å². The molecule has 0 saturated carbocycles. The number of rotatable bonds is 5. The van der Waals surface area contributed by atoms with Crippen LogP contribution in [0.2, 0.25) is 0 Å². The van der Waals surface area contributed by atoms with E-state index in [1.54, 1.807) is 18.2 Å². The summed E-state index contributed by atoms with van der Waals surface area (Å²) in [4.78, 5) is 22.0. The molecule has 1 aromatic rings. The summed E-state index contributed by atoms with van der Waals surface area (Å²) in [5, 5.41) is 2.75. The zero-order chi connectivity index (χ0) is 15.2. The van der Waals surface area contributed by atoms with Crippen molar-refractivity contribution < 1.29 is 23.5 Å². The van der Waals surface area contributed by atoms with Crippen LogP contribution in [0, 0.1) is 0 Å². The first-order chi connectivity index (χ1) is 10.1. The molecule has 1 aliphatic heterocycles. The predicted molar refractivity (Wildman–Crippen MR) is 72.7 cm³/mol. The second-order valence-electron chi connectivity index (χ2n) is 4.49. The number of carbonyl (C=O) groups is 2. The number of amides is 2. The Balaban J connectivity index is 1.97. The average Bonchev–Trinajstić information content (AvgIpc) is 2.47. The molecular formula is C14H15FN2O4. The number of fused-ring (bicyclic) bond motifs is 1. The molecule has 1 aromatic carbocycles. The molecule has 0 aromatic heterocycles. The highest BCUT2D eigenvalue weighted by Crippen LogP contribution is 2.21. The van der Waals surface area contributed by atoms with Gasteiger partial charge in [-0.1, -0.05) is 0 Å². The van der Waals surface area contributed by atoms with Crippen LogP contribution in [0.15, 0.2) is 30.1 Å². The van der Waals surface area contributed by atoms with Gasteiger partial charge in [0.2, 0.25) is 0 Å². The molecule has 21 heavy (non-hydrogen) atoms. The Bertz CT molecular complexity index is 586. The van der Waals surface area contributed by atoms with Crippen molar-refractivity contribution in [2.24, 2.45) is 5.73 Å². The highest BCUT2D eigenvalue weighted by atomic mass is 19.1. The van der Waals surface area contributed by atoms with Gasteiger partial charge in [-0.3, -0.25) is 4.79 Å². The summed E-state index contributed by atoms with van der Waals surface area (Å²) in [7, 11) is 0. The molecule has 0 fully saturated rings. The number of primary amides is 1. The van der Waals surface area contributed by atoms with Crippen LogP contribution in [0.5, 0.6) is 5.75 Å². The smallest absolute Gasteiger partial charge is 0.404 e. The first-order valence-electron chi connectivity index (χ1n) is 6.34. The van der Waals surface area contributed by atoms with Crippen LogP contribution >= 0.6 is 0 Å². The quantitative estimate of drug-likeness (QED) is 0.856. The van der Waals surface area contributed by atoms with Crippen LogP contribution < -0.4 is 15.8 Å². The zero-order valence-corrected chi connectivity index (χ0v) is 11.2. The summed E-state index contributed by atoms with van der Waals surface area (Å²) in [5.74, 6) is 0.406. The third-order valence-electron chi connectivity index (χ3n) is 2.98. The number of benzene rings is 1. The maximum atomic E-state index is 12.6. The van der Waals surface area contributed by atoms with E-state index >= 15 is 0 Å². The molecule has 0 unspecified atom stereocenters. The van der Waals surface area contributed by atoms with Crippen molar-refractivity contribution in [3.05, 3.63) is 41.2 Å². The van der Waals surface area contributed by atoms with Gasteiger partial charge >= 0.3 is 6.09 Å². The maximum Gasteiger partial charge on any atom is 0.404 e. The minimum Gasteiger partial charge on any atom is -0.489 e. The molecule has 0 bridgehead atoms. The fraction of sp³-hybridized carbons (Fsp3) is 0.286. The minimum atomic E-state index is -0.978. The van der Waals surface area contributed by atoms with E-state index in [9.17, 15) is 14.0 Å². The number of ether oxygens (including phenoxy) is 2. The molecule has 1 aliphatic rings. The number of nitrogens with one attached hydrogen (secondary N) is 1. The summed E-state index contributed by atoms with van der Waals surface area (Å²) in [5.41, 5.74) is 6.45. The Hall–Kier alpha value is -2.57. The van der Waals surface area contributed by atoms with Crippen LogP contribution in [0.1, 0.15) is 15.9 Å². The highest BCUT2D eigenvalue weighted by Gasteiger charge is 2.16. The molecule has 112 valence electrons. The lowest BCUT2D eigenvalue weighted by atomic mass is 10.0. The molecule has 3 N–H and O–H groups in total. The number of hydrogen-bond acceptors (Lipinski definition) is 4. The van der Waals surface area contributed by atoms with Crippen molar-refractivity contribution in [2.75, 3.05) is 19.8 Å². The van der Waals surface area contributed by atoms with Gasteiger partial charge < -0.3 is 20.5 Å². The first kappa shape index (κ1) is 14.8. The van der Waals surface area contributed by atoms with Crippen LogP contribution in [-0.4, -0.2) is 31.8 Å². The van der Waals surface area contributed by atoms with Gasteiger partial charge in [-0.05, 0) is 30.2 Å². The van der Waals surface area contributed by atoms with Crippen molar-refractivity contribution in [2.45, 2.75) is 6.42 Å². The van der Waals surface area contributed by atoms with Crippen molar-refractivity contribution in [1.29, 1.82) is 0 Å². The largest absolute Gasteiger partial charge is 0.489 e. The Kier molecular flexibility index (Phi) is 4.76. The Morgan fingerprint density at radius 3 is 2.95 bits per heavy atom. The molecule has 0 aliphatic carbocycles. The molecule has 7 heteroatoms. The van der Waals surface area contributed by atoms with Crippen molar-refractivity contribution >= 4 is 12.0 Å². The summed E-state index contributed by atoms with van der Waals surface area (Å²) in [6.07, 6.45) is 0.0538. The normalized spacial score (nSPS) is 14.1. The van der Waals surface area contributed by atoms with E-state index in [-0.39, 0.29) is 24.7 Å². The van der Waals surface area contributed by atoms with Crippen LogP contribution in [-0.2, 0) is 11.2 Å². The fourth-order valence-corrected chi connectivity index (χ4v) is 1.94. The summed E-state index contributed by atoms with van der Waals surface area (Å²) >= 11 is 0. The van der Waals surface area contributed by atoms with E-state index in [0.717, 1.165) is 12.0 Å².